The number of ether oxygens (including phenoxy) is 1. The second-order valence-electron chi connectivity index (χ2n) is 9.13. The fraction of sp³-hybridized carbons (Fsp3) is 0.500. The fourth-order valence-corrected chi connectivity index (χ4v) is 3.71. The van der Waals surface area contributed by atoms with Crippen LogP contribution in [-0.2, 0) is 4.74 Å². The molecule has 1 aliphatic heterocycles. The third-order valence-electron chi connectivity index (χ3n) is 5.02. The van der Waals surface area contributed by atoms with Gasteiger partial charge in [-0.15, -0.1) is 0 Å². The maximum absolute atomic E-state index is 14.0. The summed E-state index contributed by atoms with van der Waals surface area (Å²) in [5.74, 6) is -0.533. The van der Waals surface area contributed by atoms with E-state index in [9.17, 15) is 13.6 Å². The highest BCUT2D eigenvalue weighted by atomic mass is 19.1. The smallest absolute Gasteiger partial charge is 0.407 e. The molecule has 1 fully saturated rings. The van der Waals surface area contributed by atoms with Crippen molar-refractivity contribution in [1.82, 2.24) is 15.3 Å². The van der Waals surface area contributed by atoms with Gasteiger partial charge in [-0.25, -0.2) is 18.6 Å². The summed E-state index contributed by atoms with van der Waals surface area (Å²) < 4.78 is 33.4. The van der Waals surface area contributed by atoms with E-state index in [1.807, 2.05) is 25.7 Å². The Kier molecular flexibility index (Phi) is 6.71. The zero-order valence-electron chi connectivity index (χ0n) is 19.0. The molecule has 1 amide bonds. The Labute approximate surface area is 186 Å². The summed E-state index contributed by atoms with van der Waals surface area (Å²) in [5, 5.41) is 5.81. The highest BCUT2D eigenvalue weighted by Gasteiger charge is 2.29. The SMILES string of the molecule is CNc1nc(-c2cc(F)c(N)c(F)c2)cc(N2C[C@H](C)C[C@@H](NC(=O)OC(C)(C)C)C2)n1. The van der Waals surface area contributed by atoms with Crippen LogP contribution in [0.4, 0.5) is 31.0 Å². The second-order valence-corrected chi connectivity index (χ2v) is 9.13. The van der Waals surface area contributed by atoms with E-state index in [4.69, 9.17) is 10.5 Å². The van der Waals surface area contributed by atoms with Crippen LogP contribution in [0.5, 0.6) is 0 Å². The first-order chi connectivity index (χ1) is 14.9. The molecule has 0 saturated carbocycles. The number of benzene rings is 1. The zero-order chi connectivity index (χ0) is 23.6. The van der Waals surface area contributed by atoms with E-state index in [0.717, 1.165) is 18.6 Å². The van der Waals surface area contributed by atoms with E-state index in [-0.39, 0.29) is 17.5 Å². The number of nitrogen functional groups attached to an aromatic ring is 1. The first kappa shape index (κ1) is 23.5. The number of nitrogens with zero attached hydrogens (tertiary/aromatic N) is 3. The lowest BCUT2D eigenvalue weighted by molar-refractivity contribution is 0.0495. The molecular weight excluding hydrogens is 418 g/mol. The molecule has 0 unspecified atom stereocenters. The van der Waals surface area contributed by atoms with Gasteiger partial charge in [-0.3, -0.25) is 0 Å². The summed E-state index contributed by atoms with van der Waals surface area (Å²) in [4.78, 5) is 23.1. The van der Waals surface area contributed by atoms with Crippen molar-refractivity contribution in [3.63, 3.8) is 0 Å². The topological polar surface area (TPSA) is 105 Å². The van der Waals surface area contributed by atoms with Crippen LogP contribution >= 0.6 is 0 Å². The van der Waals surface area contributed by atoms with Crippen LogP contribution in [0.3, 0.4) is 0 Å². The number of nitrogens with two attached hydrogens (primary N) is 1. The number of hydrogen-bond donors (Lipinski definition) is 3. The number of carbonyl (C=O) groups is 1. The van der Waals surface area contributed by atoms with Crippen molar-refractivity contribution in [1.29, 1.82) is 0 Å². The molecule has 0 spiro atoms. The Morgan fingerprint density at radius 2 is 1.84 bits per heavy atom. The van der Waals surface area contributed by atoms with E-state index in [1.54, 1.807) is 13.1 Å². The number of aromatic nitrogens is 2. The molecule has 0 aliphatic carbocycles. The second kappa shape index (κ2) is 9.13. The van der Waals surface area contributed by atoms with Gasteiger partial charge in [0.2, 0.25) is 5.95 Å². The Morgan fingerprint density at radius 1 is 1.19 bits per heavy atom. The molecule has 1 saturated heterocycles. The number of alkyl carbamates (subject to hydrolysis) is 1. The Bertz CT molecular complexity index is 972. The van der Waals surface area contributed by atoms with Crippen molar-refractivity contribution in [2.45, 2.75) is 45.8 Å². The van der Waals surface area contributed by atoms with Crippen molar-refractivity contribution in [3.8, 4) is 11.3 Å². The van der Waals surface area contributed by atoms with Gasteiger partial charge in [0.05, 0.1) is 11.7 Å². The van der Waals surface area contributed by atoms with E-state index in [2.05, 4.69) is 27.5 Å². The van der Waals surface area contributed by atoms with Crippen molar-refractivity contribution < 1.29 is 18.3 Å². The quantitative estimate of drug-likeness (QED) is 0.611. The van der Waals surface area contributed by atoms with Gasteiger partial charge in [0.25, 0.3) is 0 Å². The third-order valence-corrected chi connectivity index (χ3v) is 5.02. The molecule has 2 heterocycles. The number of anilines is 3. The lowest BCUT2D eigenvalue weighted by Crippen LogP contribution is -2.51. The molecule has 4 N–H and O–H groups in total. The number of piperidine rings is 1. The highest BCUT2D eigenvalue weighted by Crippen LogP contribution is 2.29. The van der Waals surface area contributed by atoms with Crippen LogP contribution in [0, 0.1) is 17.6 Å². The molecule has 32 heavy (non-hydrogen) atoms. The van der Waals surface area contributed by atoms with Crippen LogP contribution in [0.2, 0.25) is 0 Å². The lowest BCUT2D eigenvalue weighted by Gasteiger charge is -2.37. The van der Waals surface area contributed by atoms with Gasteiger partial charge in [-0.2, -0.15) is 4.98 Å². The van der Waals surface area contributed by atoms with Crippen LogP contribution in [0.1, 0.15) is 34.1 Å². The molecule has 1 aromatic heterocycles. The summed E-state index contributed by atoms with van der Waals surface area (Å²) in [6.07, 6.45) is 0.324. The maximum Gasteiger partial charge on any atom is 0.407 e. The summed E-state index contributed by atoms with van der Waals surface area (Å²) in [5.41, 5.74) is 4.88. The summed E-state index contributed by atoms with van der Waals surface area (Å²) >= 11 is 0. The van der Waals surface area contributed by atoms with Crippen LogP contribution in [0.25, 0.3) is 11.3 Å². The van der Waals surface area contributed by atoms with E-state index in [1.165, 1.54) is 0 Å². The minimum atomic E-state index is -0.848. The maximum atomic E-state index is 14.0. The van der Waals surface area contributed by atoms with Crippen molar-refractivity contribution in [2.75, 3.05) is 36.1 Å². The van der Waals surface area contributed by atoms with Gasteiger partial charge in [0.15, 0.2) is 0 Å². The minimum Gasteiger partial charge on any atom is -0.444 e. The molecule has 1 aromatic carbocycles. The van der Waals surface area contributed by atoms with Gasteiger partial charge < -0.3 is 26.0 Å². The molecule has 0 radical (unpaired) electrons. The van der Waals surface area contributed by atoms with Crippen LogP contribution in [0.15, 0.2) is 18.2 Å². The largest absolute Gasteiger partial charge is 0.444 e. The Balaban J connectivity index is 1.88. The summed E-state index contributed by atoms with van der Waals surface area (Å²) in [7, 11) is 1.67. The summed E-state index contributed by atoms with van der Waals surface area (Å²) in [6.45, 7) is 8.73. The molecule has 2 atom stereocenters. The first-order valence-electron chi connectivity index (χ1n) is 10.5. The molecule has 8 nitrogen and oxygen atoms in total. The molecule has 2 aromatic rings. The van der Waals surface area contributed by atoms with Gasteiger partial charge in [0, 0.05) is 31.8 Å². The molecule has 0 bridgehead atoms. The van der Waals surface area contributed by atoms with Crippen LogP contribution in [-0.4, -0.2) is 47.8 Å². The standard InChI is InChI=1S/C22H30F2N6O2/c1-12-6-14(27-21(31)32-22(2,3)4)11-30(10-12)18-9-17(28-20(26-5)29-18)13-7-15(23)19(25)16(24)8-13/h7-9,12,14H,6,10-11,25H2,1-5H3,(H,27,31)(H,26,28,29)/t12-,14-/m1/s1. The van der Waals surface area contributed by atoms with E-state index < -0.39 is 29.0 Å². The highest BCUT2D eigenvalue weighted by molar-refractivity contribution is 5.69. The minimum absolute atomic E-state index is 0.142. The average Bonchev–Trinajstić information content (AvgIpc) is 2.69. The predicted octanol–water partition coefficient (Wildman–Crippen LogP) is 3.79. The van der Waals surface area contributed by atoms with Crippen molar-refractivity contribution in [3.05, 3.63) is 29.8 Å². The first-order valence-corrected chi connectivity index (χ1v) is 10.5. The van der Waals surface area contributed by atoms with Gasteiger partial charge in [-0.1, -0.05) is 6.92 Å². The molecule has 1 aliphatic rings. The van der Waals surface area contributed by atoms with Crippen LogP contribution < -0.4 is 21.3 Å². The lowest BCUT2D eigenvalue weighted by atomic mass is 9.96. The number of hydrogen-bond acceptors (Lipinski definition) is 7. The number of amides is 1. The normalized spacial score (nSPS) is 18.9. The number of nitrogens with one attached hydrogen (secondary N) is 2. The van der Waals surface area contributed by atoms with E-state index in [0.29, 0.717) is 30.5 Å². The van der Waals surface area contributed by atoms with Gasteiger partial charge >= 0.3 is 6.09 Å². The molecular formula is C22H30F2N6O2. The van der Waals surface area contributed by atoms with Gasteiger partial charge in [-0.05, 0) is 45.2 Å². The number of rotatable bonds is 4. The van der Waals surface area contributed by atoms with Crippen molar-refractivity contribution in [2.24, 2.45) is 5.92 Å². The Morgan fingerprint density at radius 3 is 2.44 bits per heavy atom. The average molecular weight is 449 g/mol. The van der Waals surface area contributed by atoms with Gasteiger partial charge in [0.1, 0.15) is 28.7 Å². The summed E-state index contributed by atoms with van der Waals surface area (Å²) in [6, 6.07) is 3.83. The fourth-order valence-electron chi connectivity index (χ4n) is 3.71. The van der Waals surface area contributed by atoms with E-state index >= 15 is 0 Å². The predicted molar refractivity (Wildman–Crippen MR) is 120 cm³/mol. The Hall–Kier alpha value is -3.17. The monoisotopic (exact) mass is 448 g/mol. The zero-order valence-corrected chi connectivity index (χ0v) is 19.0. The molecule has 10 heteroatoms. The molecule has 3 rings (SSSR count). The third kappa shape index (κ3) is 5.74. The number of carbonyl (C=O) groups excluding carboxylic acids is 1. The van der Waals surface area contributed by atoms with Crippen molar-refractivity contribution >= 4 is 23.5 Å². The molecule has 174 valence electrons. The number of halogens is 2.